The van der Waals surface area contributed by atoms with E-state index >= 15 is 0 Å². The molecular weight excluding hydrogens is 304 g/mol. The van der Waals surface area contributed by atoms with E-state index in [2.05, 4.69) is 27.9 Å². The van der Waals surface area contributed by atoms with E-state index in [-0.39, 0.29) is 13.2 Å². The first-order valence-electron chi connectivity index (χ1n) is 8.53. The summed E-state index contributed by atoms with van der Waals surface area (Å²) in [5, 5.41) is 10.2. The van der Waals surface area contributed by atoms with Crippen molar-refractivity contribution in [2.75, 3.05) is 59.2 Å². The van der Waals surface area contributed by atoms with Crippen molar-refractivity contribution >= 4 is 0 Å². The van der Waals surface area contributed by atoms with Crippen molar-refractivity contribution in [1.29, 1.82) is 0 Å². The molecule has 5 heteroatoms. The third-order valence-corrected chi connectivity index (χ3v) is 4.05. The maximum Gasteiger partial charge on any atom is 0.107 e. The summed E-state index contributed by atoms with van der Waals surface area (Å²) >= 11 is 0. The van der Waals surface area contributed by atoms with Crippen LogP contribution in [0.1, 0.15) is 5.56 Å². The Bertz CT molecular complexity index is 483. The van der Waals surface area contributed by atoms with E-state index in [4.69, 9.17) is 15.9 Å². The van der Waals surface area contributed by atoms with E-state index in [0.29, 0.717) is 6.54 Å². The highest BCUT2D eigenvalue weighted by molar-refractivity contribution is 5.14. The number of hydrogen-bond acceptors (Lipinski definition) is 5. The third kappa shape index (κ3) is 7.43. The fraction of sp³-hybridized carbons (Fsp3) is 0.579. The maximum absolute atomic E-state index is 10.2. The minimum absolute atomic E-state index is 0.240. The molecule has 0 spiro atoms. The normalized spacial score (nSPS) is 16.9. The fourth-order valence-electron chi connectivity index (χ4n) is 2.79. The van der Waals surface area contributed by atoms with Gasteiger partial charge in [-0.1, -0.05) is 36.3 Å². The van der Waals surface area contributed by atoms with Crippen molar-refractivity contribution < 1.29 is 14.6 Å². The largest absolute Gasteiger partial charge is 0.389 e. The van der Waals surface area contributed by atoms with Crippen LogP contribution in [-0.4, -0.2) is 80.2 Å². The van der Waals surface area contributed by atoms with Gasteiger partial charge in [0.05, 0.1) is 25.9 Å². The Kier molecular flexibility index (Phi) is 8.82. The lowest BCUT2D eigenvalue weighted by Crippen LogP contribution is -2.43. The zero-order valence-electron chi connectivity index (χ0n) is 14.3. The lowest BCUT2D eigenvalue weighted by molar-refractivity contribution is 0.0136. The van der Waals surface area contributed by atoms with Gasteiger partial charge in [-0.2, -0.15) is 0 Å². The minimum Gasteiger partial charge on any atom is -0.389 e. The van der Waals surface area contributed by atoms with Crippen LogP contribution >= 0.6 is 0 Å². The summed E-state index contributed by atoms with van der Waals surface area (Å²) in [5.74, 6) is 2.42. The molecule has 0 radical (unpaired) electrons. The van der Waals surface area contributed by atoms with Crippen LogP contribution in [0, 0.1) is 12.3 Å². The Morgan fingerprint density at radius 3 is 2.75 bits per heavy atom. The van der Waals surface area contributed by atoms with Gasteiger partial charge in [0.2, 0.25) is 0 Å². The van der Waals surface area contributed by atoms with Gasteiger partial charge in [0.1, 0.15) is 6.61 Å². The molecule has 1 N–H and O–H groups in total. The smallest absolute Gasteiger partial charge is 0.107 e. The van der Waals surface area contributed by atoms with E-state index in [9.17, 15) is 5.11 Å². The second-order valence-electron chi connectivity index (χ2n) is 6.05. The number of aliphatic hydroxyl groups excluding tert-OH is 1. The summed E-state index contributed by atoms with van der Waals surface area (Å²) in [6, 6.07) is 10.3. The monoisotopic (exact) mass is 332 g/mol. The molecule has 1 saturated heterocycles. The molecular formula is C19H28N2O3. The predicted molar refractivity (Wildman–Crippen MR) is 94.6 cm³/mol. The van der Waals surface area contributed by atoms with Crippen LogP contribution in [0.25, 0.3) is 0 Å². The van der Waals surface area contributed by atoms with E-state index in [1.165, 1.54) is 5.56 Å². The third-order valence-electron chi connectivity index (χ3n) is 4.05. The molecule has 5 nitrogen and oxygen atoms in total. The van der Waals surface area contributed by atoms with Gasteiger partial charge in [0.25, 0.3) is 0 Å². The SMILES string of the molecule is C#CCOCC(O)CN(CCN1CCOCC1)Cc1ccccc1. The first-order chi connectivity index (χ1) is 11.8. The number of nitrogens with zero attached hydrogens (tertiary/aromatic N) is 2. The zero-order valence-corrected chi connectivity index (χ0v) is 14.3. The lowest BCUT2D eigenvalue weighted by atomic mass is 10.2. The maximum atomic E-state index is 10.2. The van der Waals surface area contributed by atoms with Crippen LogP contribution in [0.15, 0.2) is 30.3 Å². The molecule has 0 saturated carbocycles. The summed E-state index contributed by atoms with van der Waals surface area (Å²) in [4.78, 5) is 4.68. The standard InChI is InChI=1S/C19H28N2O3/c1-2-12-24-17-19(22)16-21(15-18-6-4-3-5-7-18)9-8-20-10-13-23-14-11-20/h1,3-7,19,22H,8-17H2. The number of ether oxygens (including phenoxy) is 2. The molecule has 1 unspecified atom stereocenters. The van der Waals surface area contributed by atoms with Crippen molar-refractivity contribution in [2.45, 2.75) is 12.6 Å². The average Bonchev–Trinajstić information content (AvgIpc) is 2.62. The van der Waals surface area contributed by atoms with Crippen LogP contribution in [0.4, 0.5) is 0 Å². The molecule has 1 aliphatic rings. The van der Waals surface area contributed by atoms with E-state index in [0.717, 1.165) is 45.9 Å². The van der Waals surface area contributed by atoms with Gasteiger partial charge in [0, 0.05) is 39.3 Å². The highest BCUT2D eigenvalue weighted by Gasteiger charge is 2.16. The second kappa shape index (κ2) is 11.2. The highest BCUT2D eigenvalue weighted by Crippen LogP contribution is 2.07. The van der Waals surface area contributed by atoms with Crippen LogP contribution in [-0.2, 0) is 16.0 Å². The summed E-state index contributed by atoms with van der Waals surface area (Å²) in [7, 11) is 0. The molecule has 1 heterocycles. The summed E-state index contributed by atoms with van der Waals surface area (Å²) < 4.78 is 10.6. The Balaban J connectivity index is 1.83. The molecule has 1 atom stereocenters. The van der Waals surface area contributed by atoms with Gasteiger partial charge < -0.3 is 14.6 Å². The number of hydrogen-bond donors (Lipinski definition) is 1. The Morgan fingerprint density at radius 1 is 1.29 bits per heavy atom. The topological polar surface area (TPSA) is 45.2 Å². The molecule has 1 aliphatic heterocycles. The van der Waals surface area contributed by atoms with Crippen molar-refractivity contribution in [3.63, 3.8) is 0 Å². The molecule has 24 heavy (non-hydrogen) atoms. The molecule has 0 aliphatic carbocycles. The summed E-state index contributed by atoms with van der Waals surface area (Å²) in [6.07, 6.45) is 4.63. The molecule has 0 amide bonds. The summed E-state index contributed by atoms with van der Waals surface area (Å²) in [6.45, 7) is 7.36. The minimum atomic E-state index is -0.535. The molecule has 2 rings (SSSR count). The number of aliphatic hydroxyl groups is 1. The number of terminal acetylenes is 1. The van der Waals surface area contributed by atoms with Crippen LogP contribution in [0.2, 0.25) is 0 Å². The van der Waals surface area contributed by atoms with Crippen molar-refractivity contribution in [3.8, 4) is 12.3 Å². The van der Waals surface area contributed by atoms with Gasteiger partial charge in [-0.05, 0) is 5.56 Å². The summed E-state index contributed by atoms with van der Waals surface area (Å²) in [5.41, 5.74) is 1.25. The van der Waals surface area contributed by atoms with E-state index < -0.39 is 6.10 Å². The number of morpholine rings is 1. The van der Waals surface area contributed by atoms with E-state index in [1.807, 2.05) is 18.2 Å². The average molecular weight is 332 g/mol. The van der Waals surface area contributed by atoms with Gasteiger partial charge in [-0.3, -0.25) is 9.80 Å². The van der Waals surface area contributed by atoms with Gasteiger partial charge in [-0.25, -0.2) is 0 Å². The van der Waals surface area contributed by atoms with Gasteiger partial charge >= 0.3 is 0 Å². The van der Waals surface area contributed by atoms with Crippen LogP contribution in [0.3, 0.4) is 0 Å². The molecule has 0 bridgehead atoms. The Morgan fingerprint density at radius 2 is 2.04 bits per heavy atom. The van der Waals surface area contributed by atoms with Crippen molar-refractivity contribution in [2.24, 2.45) is 0 Å². The number of benzene rings is 1. The highest BCUT2D eigenvalue weighted by atomic mass is 16.5. The molecule has 132 valence electrons. The quantitative estimate of drug-likeness (QED) is 0.508. The first-order valence-corrected chi connectivity index (χ1v) is 8.53. The van der Waals surface area contributed by atoms with Crippen LogP contribution < -0.4 is 0 Å². The van der Waals surface area contributed by atoms with Crippen molar-refractivity contribution in [3.05, 3.63) is 35.9 Å². The zero-order chi connectivity index (χ0) is 17.0. The Labute approximate surface area is 145 Å². The molecule has 1 fully saturated rings. The predicted octanol–water partition coefficient (Wildman–Crippen LogP) is 0.832. The molecule has 1 aromatic rings. The van der Waals surface area contributed by atoms with Gasteiger partial charge in [-0.15, -0.1) is 6.42 Å². The Hall–Kier alpha value is -1.42. The van der Waals surface area contributed by atoms with Gasteiger partial charge in [0.15, 0.2) is 0 Å². The second-order valence-corrected chi connectivity index (χ2v) is 6.05. The fourth-order valence-corrected chi connectivity index (χ4v) is 2.79. The number of rotatable bonds is 10. The van der Waals surface area contributed by atoms with Crippen LogP contribution in [0.5, 0.6) is 0 Å². The molecule has 1 aromatic carbocycles. The molecule has 0 aromatic heterocycles. The first kappa shape index (κ1) is 18.9. The van der Waals surface area contributed by atoms with Crippen molar-refractivity contribution in [1.82, 2.24) is 9.80 Å². The lowest BCUT2D eigenvalue weighted by Gasteiger charge is -2.31. The van der Waals surface area contributed by atoms with E-state index in [1.54, 1.807) is 0 Å².